The predicted molar refractivity (Wildman–Crippen MR) is 122 cm³/mol. The lowest BCUT2D eigenvalue weighted by atomic mass is 10.0. The molecule has 0 saturated heterocycles. The van der Waals surface area contributed by atoms with Crippen molar-refractivity contribution in [3.8, 4) is 16.9 Å². The zero-order valence-electron chi connectivity index (χ0n) is 18.5. The number of anilines is 1. The average Bonchev–Trinajstić information content (AvgIpc) is 3.20. The highest BCUT2D eigenvalue weighted by Crippen LogP contribution is 2.28. The monoisotopic (exact) mass is 419 g/mol. The van der Waals surface area contributed by atoms with E-state index in [9.17, 15) is 9.59 Å². The van der Waals surface area contributed by atoms with Gasteiger partial charge in [0.05, 0.1) is 18.0 Å². The molecule has 0 bridgehead atoms. The van der Waals surface area contributed by atoms with E-state index in [1.54, 1.807) is 17.7 Å². The maximum atomic E-state index is 12.5. The van der Waals surface area contributed by atoms with Crippen LogP contribution in [-0.4, -0.2) is 28.3 Å². The molecule has 3 aromatic rings. The topological polar surface area (TPSA) is 73.2 Å². The van der Waals surface area contributed by atoms with Crippen LogP contribution in [0.25, 0.3) is 16.9 Å². The van der Waals surface area contributed by atoms with Crippen molar-refractivity contribution in [2.24, 2.45) is 5.92 Å². The second-order valence-corrected chi connectivity index (χ2v) is 7.59. The van der Waals surface area contributed by atoms with Crippen LogP contribution < -0.4 is 5.32 Å². The molecule has 3 rings (SSSR count). The Labute approximate surface area is 183 Å². The molecule has 0 spiro atoms. The van der Waals surface area contributed by atoms with Gasteiger partial charge in [-0.25, -0.2) is 9.48 Å². The number of aromatic nitrogens is 2. The number of benzene rings is 2. The lowest BCUT2D eigenvalue weighted by molar-refractivity contribution is -0.119. The van der Waals surface area contributed by atoms with Crippen molar-refractivity contribution in [2.75, 3.05) is 11.9 Å². The highest BCUT2D eigenvalue weighted by atomic mass is 16.5. The Morgan fingerprint density at radius 2 is 1.87 bits per heavy atom. The number of esters is 1. The predicted octanol–water partition coefficient (Wildman–Crippen LogP) is 5.40. The van der Waals surface area contributed by atoms with Gasteiger partial charge >= 0.3 is 5.97 Å². The third-order valence-corrected chi connectivity index (χ3v) is 5.13. The zero-order valence-corrected chi connectivity index (χ0v) is 18.5. The van der Waals surface area contributed by atoms with E-state index < -0.39 is 5.97 Å². The molecule has 1 N–H and O–H groups in total. The van der Waals surface area contributed by atoms with Crippen LogP contribution in [-0.2, 0) is 9.53 Å². The first-order chi connectivity index (χ1) is 14.9. The van der Waals surface area contributed by atoms with Gasteiger partial charge in [-0.1, -0.05) is 50.6 Å². The average molecular weight is 420 g/mol. The van der Waals surface area contributed by atoms with Crippen molar-refractivity contribution >= 4 is 17.6 Å². The second-order valence-electron chi connectivity index (χ2n) is 7.59. The number of ether oxygens (including phenoxy) is 1. The molecule has 1 atom stereocenters. The molecule has 0 aliphatic rings. The van der Waals surface area contributed by atoms with Gasteiger partial charge in [-0.15, -0.1) is 0 Å². The summed E-state index contributed by atoms with van der Waals surface area (Å²) >= 11 is 0. The van der Waals surface area contributed by atoms with Crippen LogP contribution in [0.5, 0.6) is 0 Å². The maximum Gasteiger partial charge on any atom is 0.358 e. The Bertz CT molecular complexity index is 1070. The van der Waals surface area contributed by atoms with Crippen molar-refractivity contribution in [1.82, 2.24) is 9.78 Å². The minimum Gasteiger partial charge on any atom is -0.461 e. The lowest BCUT2D eigenvalue weighted by Crippen LogP contribution is -2.20. The molecule has 1 heterocycles. The lowest BCUT2D eigenvalue weighted by Gasteiger charge is -2.13. The molecule has 162 valence electrons. The molecule has 0 aliphatic heterocycles. The van der Waals surface area contributed by atoms with Crippen LogP contribution >= 0.6 is 0 Å². The van der Waals surface area contributed by atoms with Crippen molar-refractivity contribution in [2.45, 2.75) is 40.5 Å². The highest BCUT2D eigenvalue weighted by Gasteiger charge is 2.19. The Morgan fingerprint density at radius 1 is 1.10 bits per heavy atom. The quantitative estimate of drug-likeness (QED) is 0.496. The summed E-state index contributed by atoms with van der Waals surface area (Å²) in [6.45, 7) is 8.04. The third-order valence-electron chi connectivity index (χ3n) is 5.13. The van der Waals surface area contributed by atoms with Crippen molar-refractivity contribution in [1.29, 1.82) is 0 Å². The fraction of sp³-hybridized carbons (Fsp3) is 0.320. The van der Waals surface area contributed by atoms with Crippen LogP contribution in [0.4, 0.5) is 5.69 Å². The molecule has 0 fully saturated rings. The number of amides is 1. The van der Waals surface area contributed by atoms with Crippen LogP contribution in [0.3, 0.4) is 0 Å². The number of hydrogen-bond acceptors (Lipinski definition) is 4. The molecule has 0 saturated carbocycles. The van der Waals surface area contributed by atoms with Crippen molar-refractivity contribution in [3.63, 3.8) is 0 Å². The largest absolute Gasteiger partial charge is 0.461 e. The van der Waals surface area contributed by atoms with Crippen LogP contribution in [0, 0.1) is 12.8 Å². The number of nitrogens with one attached hydrogen (secondary N) is 1. The summed E-state index contributed by atoms with van der Waals surface area (Å²) < 4.78 is 6.90. The summed E-state index contributed by atoms with van der Waals surface area (Å²) in [6, 6.07) is 17.2. The zero-order chi connectivity index (χ0) is 22.4. The summed E-state index contributed by atoms with van der Waals surface area (Å²) in [7, 11) is 0. The van der Waals surface area contributed by atoms with Crippen LogP contribution in [0.15, 0.2) is 54.6 Å². The number of nitrogens with zero attached hydrogens (tertiary/aromatic N) is 2. The van der Waals surface area contributed by atoms with Crippen molar-refractivity contribution < 1.29 is 14.3 Å². The summed E-state index contributed by atoms with van der Waals surface area (Å²) in [5, 5.41) is 7.53. The SMILES string of the molecule is CCCC(C)C(=O)Nc1cccc(-c2cc(C(=O)OCC)nn2-c2ccccc2C)c1. The Kier molecular flexibility index (Phi) is 7.23. The smallest absolute Gasteiger partial charge is 0.358 e. The minimum atomic E-state index is -0.464. The van der Waals surface area contributed by atoms with Gasteiger partial charge in [-0.05, 0) is 50.1 Å². The number of para-hydroxylation sites is 1. The number of rotatable bonds is 8. The normalized spacial score (nSPS) is 11.7. The van der Waals surface area contributed by atoms with Gasteiger partial charge in [0.1, 0.15) is 0 Å². The van der Waals surface area contributed by atoms with E-state index in [0.717, 1.165) is 35.3 Å². The van der Waals surface area contributed by atoms with E-state index in [1.807, 2.05) is 62.4 Å². The molecule has 31 heavy (non-hydrogen) atoms. The Balaban J connectivity index is 2.02. The van der Waals surface area contributed by atoms with Gasteiger partial charge in [-0.3, -0.25) is 4.79 Å². The van der Waals surface area contributed by atoms with Gasteiger partial charge in [0.15, 0.2) is 5.69 Å². The highest BCUT2D eigenvalue weighted by molar-refractivity contribution is 5.93. The molecule has 0 radical (unpaired) electrons. The molecule has 6 heteroatoms. The minimum absolute atomic E-state index is 0.00127. The van der Waals surface area contributed by atoms with E-state index in [4.69, 9.17) is 4.74 Å². The molecular weight excluding hydrogens is 390 g/mol. The molecule has 1 aromatic heterocycles. The van der Waals surface area contributed by atoms with Gasteiger partial charge in [0.25, 0.3) is 0 Å². The van der Waals surface area contributed by atoms with E-state index in [-0.39, 0.29) is 24.1 Å². The summed E-state index contributed by atoms with van der Waals surface area (Å²) in [6.07, 6.45) is 1.80. The fourth-order valence-electron chi connectivity index (χ4n) is 3.46. The molecule has 1 unspecified atom stereocenters. The number of hydrogen-bond donors (Lipinski definition) is 1. The van der Waals surface area contributed by atoms with Crippen LogP contribution in [0.1, 0.15) is 49.7 Å². The Morgan fingerprint density at radius 3 is 2.58 bits per heavy atom. The molecule has 1 amide bonds. The van der Waals surface area contributed by atoms with E-state index >= 15 is 0 Å². The standard InChI is InChI=1S/C25H29N3O3/c1-5-10-18(4)24(29)26-20-13-9-12-19(15-20)23-16-21(25(30)31-6-2)27-28(23)22-14-8-7-11-17(22)3/h7-9,11-16,18H,5-6,10H2,1-4H3,(H,26,29). The summed E-state index contributed by atoms with van der Waals surface area (Å²) in [5.41, 5.74) is 4.44. The Hall–Kier alpha value is -3.41. The van der Waals surface area contributed by atoms with E-state index in [0.29, 0.717) is 5.69 Å². The van der Waals surface area contributed by atoms with Gasteiger partial charge in [-0.2, -0.15) is 5.10 Å². The molecule has 2 aromatic carbocycles. The van der Waals surface area contributed by atoms with Gasteiger partial charge < -0.3 is 10.1 Å². The van der Waals surface area contributed by atoms with E-state index in [1.165, 1.54) is 0 Å². The summed E-state index contributed by atoms with van der Waals surface area (Å²) in [4.78, 5) is 24.8. The van der Waals surface area contributed by atoms with Crippen LogP contribution in [0.2, 0.25) is 0 Å². The first-order valence-electron chi connectivity index (χ1n) is 10.7. The third kappa shape index (κ3) is 5.20. The van der Waals surface area contributed by atoms with Gasteiger partial charge in [0, 0.05) is 17.2 Å². The number of aryl methyl sites for hydroxylation is 1. The van der Waals surface area contributed by atoms with Gasteiger partial charge in [0.2, 0.25) is 5.91 Å². The second kappa shape index (κ2) is 10.1. The molecule has 6 nitrogen and oxygen atoms in total. The molecule has 0 aliphatic carbocycles. The van der Waals surface area contributed by atoms with E-state index in [2.05, 4.69) is 17.3 Å². The maximum absolute atomic E-state index is 12.5. The first kappa shape index (κ1) is 22.3. The molecular formula is C25H29N3O3. The fourth-order valence-corrected chi connectivity index (χ4v) is 3.46. The van der Waals surface area contributed by atoms with Crippen molar-refractivity contribution in [3.05, 3.63) is 65.9 Å². The number of carbonyl (C=O) groups excluding carboxylic acids is 2. The summed E-state index contributed by atoms with van der Waals surface area (Å²) in [5.74, 6) is -0.519. The number of carbonyl (C=O) groups is 2. The first-order valence-corrected chi connectivity index (χ1v) is 10.7.